The monoisotopic (exact) mass is 181 g/mol. The molecule has 0 saturated heterocycles. The fourth-order valence-corrected chi connectivity index (χ4v) is 0.896. The van der Waals surface area contributed by atoms with Crippen LogP contribution in [-0.2, 0) is 11.2 Å². The molecule has 0 atom stereocenters. The molecule has 0 saturated carbocycles. The molecule has 72 valence electrons. The van der Waals surface area contributed by atoms with Gasteiger partial charge in [0.2, 0.25) is 0 Å². The molecule has 1 aromatic carbocycles. The maximum absolute atomic E-state index is 10.1. The van der Waals surface area contributed by atoms with Crippen LogP contribution in [-0.4, -0.2) is 20.4 Å². The van der Waals surface area contributed by atoms with Crippen LogP contribution in [0.2, 0.25) is 0 Å². The zero-order chi connectivity index (χ0) is 10.1. The molecule has 1 aromatic rings. The maximum atomic E-state index is 10.1. The van der Waals surface area contributed by atoms with E-state index < -0.39 is 0 Å². The number of hydrogen-bond acceptors (Lipinski definition) is 3. The predicted molar refractivity (Wildman–Crippen MR) is 52.9 cm³/mol. The highest BCUT2D eigenvalue weighted by Crippen LogP contribution is 2.11. The van der Waals surface area contributed by atoms with E-state index >= 15 is 0 Å². The molecule has 0 amide bonds. The first-order valence-corrected chi connectivity index (χ1v) is 4.01. The molecule has 0 fully saturated rings. The average Bonchev–Trinajstić information content (AvgIpc) is 2.22. The number of benzene rings is 1. The van der Waals surface area contributed by atoms with Crippen molar-refractivity contribution in [2.75, 3.05) is 14.2 Å². The minimum absolute atomic E-state index is 0.456. The van der Waals surface area contributed by atoms with Gasteiger partial charge in [-0.1, -0.05) is 12.1 Å². The quantitative estimate of drug-likeness (QED) is 0.708. The Bertz CT molecular complexity index is 248. The van der Waals surface area contributed by atoms with Gasteiger partial charge in [-0.05, 0) is 24.7 Å². The van der Waals surface area contributed by atoms with Crippen molar-refractivity contribution in [2.45, 2.75) is 6.42 Å². The molecule has 3 nitrogen and oxygen atoms in total. The van der Waals surface area contributed by atoms with Crippen LogP contribution >= 0.6 is 0 Å². The summed E-state index contributed by atoms with van der Waals surface area (Å²) < 4.78 is 4.99. The van der Waals surface area contributed by atoms with Gasteiger partial charge in [-0.15, -0.1) is 0 Å². The van der Waals surface area contributed by atoms with Crippen molar-refractivity contribution in [3.05, 3.63) is 29.8 Å². The van der Waals surface area contributed by atoms with Gasteiger partial charge in [-0.3, -0.25) is 0 Å². The van der Waals surface area contributed by atoms with Gasteiger partial charge in [0, 0.05) is 6.42 Å². The van der Waals surface area contributed by atoms with Crippen molar-refractivity contribution in [3.63, 3.8) is 0 Å². The summed E-state index contributed by atoms with van der Waals surface area (Å²) in [6.07, 6.45) is 1.34. The van der Waals surface area contributed by atoms with Gasteiger partial charge in [0.1, 0.15) is 12.0 Å². The van der Waals surface area contributed by atoms with E-state index in [4.69, 9.17) is 4.74 Å². The second-order valence-electron chi connectivity index (χ2n) is 2.22. The molecule has 1 rings (SSSR count). The van der Waals surface area contributed by atoms with Crippen LogP contribution in [0.1, 0.15) is 5.56 Å². The van der Waals surface area contributed by atoms with Gasteiger partial charge in [0.15, 0.2) is 0 Å². The number of carbonyl (C=O) groups excluding carboxylic acids is 1. The third-order valence-corrected chi connectivity index (χ3v) is 1.45. The van der Waals surface area contributed by atoms with Crippen molar-refractivity contribution in [1.29, 1.82) is 0 Å². The fourth-order valence-electron chi connectivity index (χ4n) is 0.896. The van der Waals surface area contributed by atoms with E-state index in [1.54, 1.807) is 7.11 Å². The lowest BCUT2D eigenvalue weighted by molar-refractivity contribution is -0.107. The first-order valence-electron chi connectivity index (χ1n) is 4.01. The molecule has 0 spiro atoms. The smallest absolute Gasteiger partial charge is 0.124 e. The molecule has 0 aliphatic rings. The topological polar surface area (TPSA) is 52.3 Å². The first kappa shape index (κ1) is 11.6. The van der Waals surface area contributed by atoms with Gasteiger partial charge in [0.05, 0.1) is 7.11 Å². The van der Waals surface area contributed by atoms with Crippen LogP contribution in [0.4, 0.5) is 0 Å². The van der Waals surface area contributed by atoms with Gasteiger partial charge >= 0.3 is 0 Å². The zero-order valence-electron chi connectivity index (χ0n) is 7.99. The van der Waals surface area contributed by atoms with E-state index in [1.807, 2.05) is 24.3 Å². The average molecular weight is 181 g/mol. The van der Waals surface area contributed by atoms with E-state index in [9.17, 15) is 4.79 Å². The molecule has 2 N–H and O–H groups in total. The van der Waals surface area contributed by atoms with Gasteiger partial charge in [-0.2, -0.15) is 0 Å². The van der Waals surface area contributed by atoms with Gasteiger partial charge in [-0.25, -0.2) is 0 Å². The Hall–Kier alpha value is -1.35. The summed E-state index contributed by atoms with van der Waals surface area (Å²) in [6.45, 7) is 0. The van der Waals surface area contributed by atoms with Crippen LogP contribution in [0.25, 0.3) is 0 Å². The Morgan fingerprint density at radius 2 is 2.15 bits per heavy atom. The lowest BCUT2D eigenvalue weighted by atomic mass is 10.2. The minimum atomic E-state index is 0.456. The lowest BCUT2D eigenvalue weighted by Gasteiger charge is -1.99. The molecule has 0 bridgehead atoms. The summed E-state index contributed by atoms with van der Waals surface area (Å²) in [7, 11) is 3.11. The van der Waals surface area contributed by atoms with Crippen molar-refractivity contribution in [3.8, 4) is 5.75 Å². The molecule has 0 heterocycles. The number of aldehydes is 1. The standard InChI is InChI=1S/C9H10O2.CH5N/c1-11-9-4-2-3-8(7-9)5-6-10;1-2/h2-4,6-7H,5H2,1H3;2H2,1H3. The van der Waals surface area contributed by atoms with Gasteiger partial charge in [0.25, 0.3) is 0 Å². The molecular formula is C10H15NO2. The summed E-state index contributed by atoms with van der Waals surface area (Å²) in [6, 6.07) is 7.48. The summed E-state index contributed by atoms with van der Waals surface area (Å²) in [5.74, 6) is 0.796. The largest absolute Gasteiger partial charge is 0.497 e. The van der Waals surface area contributed by atoms with Crippen molar-refractivity contribution < 1.29 is 9.53 Å². The summed E-state index contributed by atoms with van der Waals surface area (Å²) in [5.41, 5.74) is 5.49. The van der Waals surface area contributed by atoms with Gasteiger partial charge < -0.3 is 15.3 Å². The van der Waals surface area contributed by atoms with Crippen molar-refractivity contribution in [1.82, 2.24) is 0 Å². The second kappa shape index (κ2) is 7.31. The maximum Gasteiger partial charge on any atom is 0.124 e. The molecular weight excluding hydrogens is 166 g/mol. The van der Waals surface area contributed by atoms with Crippen LogP contribution in [0.5, 0.6) is 5.75 Å². The van der Waals surface area contributed by atoms with Crippen molar-refractivity contribution in [2.24, 2.45) is 5.73 Å². The van der Waals surface area contributed by atoms with E-state index in [2.05, 4.69) is 5.73 Å². The number of nitrogens with two attached hydrogens (primary N) is 1. The molecule has 0 radical (unpaired) electrons. The number of hydrogen-bond donors (Lipinski definition) is 1. The Morgan fingerprint density at radius 3 is 2.69 bits per heavy atom. The highest BCUT2D eigenvalue weighted by atomic mass is 16.5. The van der Waals surface area contributed by atoms with Crippen LogP contribution in [0.15, 0.2) is 24.3 Å². The SMILES string of the molecule is CN.COc1cccc(CC=O)c1. The minimum Gasteiger partial charge on any atom is -0.497 e. The fraction of sp³-hybridized carbons (Fsp3) is 0.300. The van der Waals surface area contributed by atoms with E-state index in [-0.39, 0.29) is 0 Å². The number of methoxy groups -OCH3 is 1. The molecule has 0 aliphatic carbocycles. The zero-order valence-corrected chi connectivity index (χ0v) is 7.99. The summed E-state index contributed by atoms with van der Waals surface area (Å²) in [5, 5.41) is 0. The third-order valence-electron chi connectivity index (χ3n) is 1.45. The summed E-state index contributed by atoms with van der Waals surface area (Å²) in [4.78, 5) is 10.1. The van der Waals surface area contributed by atoms with E-state index in [0.29, 0.717) is 6.42 Å². The second-order valence-corrected chi connectivity index (χ2v) is 2.22. The Kier molecular flexibility index (Phi) is 6.55. The molecule has 0 unspecified atom stereocenters. The van der Waals surface area contributed by atoms with Crippen molar-refractivity contribution >= 4 is 6.29 Å². The number of carbonyl (C=O) groups is 1. The Balaban J connectivity index is 0.000000671. The molecule has 13 heavy (non-hydrogen) atoms. The molecule has 0 aromatic heterocycles. The van der Waals surface area contributed by atoms with Crippen LogP contribution in [0, 0.1) is 0 Å². The lowest BCUT2D eigenvalue weighted by Crippen LogP contribution is -1.87. The number of ether oxygens (including phenoxy) is 1. The molecule has 0 aliphatic heterocycles. The highest BCUT2D eigenvalue weighted by Gasteiger charge is 1.92. The first-order chi connectivity index (χ1) is 6.36. The normalized spacial score (nSPS) is 8.23. The predicted octanol–water partition coefficient (Wildman–Crippen LogP) is 1.01. The van der Waals surface area contributed by atoms with E-state index in [1.165, 1.54) is 7.05 Å². The van der Waals surface area contributed by atoms with Crippen LogP contribution < -0.4 is 10.5 Å². The van der Waals surface area contributed by atoms with Crippen LogP contribution in [0.3, 0.4) is 0 Å². The number of rotatable bonds is 3. The molecule has 3 heteroatoms. The highest BCUT2D eigenvalue weighted by molar-refractivity contribution is 5.55. The third kappa shape index (κ3) is 4.28. The Morgan fingerprint density at radius 1 is 1.46 bits per heavy atom. The Labute approximate surface area is 78.5 Å². The summed E-state index contributed by atoms with van der Waals surface area (Å²) >= 11 is 0. The van der Waals surface area contributed by atoms with E-state index in [0.717, 1.165) is 17.6 Å².